The summed E-state index contributed by atoms with van der Waals surface area (Å²) in [7, 11) is 0. The number of hydrogen-bond acceptors (Lipinski definition) is 3. The van der Waals surface area contributed by atoms with Crippen LogP contribution in [0.1, 0.15) is 13.8 Å². The van der Waals surface area contributed by atoms with E-state index in [1.54, 1.807) is 0 Å². The highest BCUT2D eigenvalue weighted by atomic mass is 19.4. The zero-order valence-corrected chi connectivity index (χ0v) is 8.91. The third-order valence-electron chi connectivity index (χ3n) is 1.52. The molecule has 16 heavy (non-hydrogen) atoms. The fraction of sp³-hybridized carbons (Fsp3) is 0.500. The minimum Gasteiger partial charge on any atom is -0.475 e. The van der Waals surface area contributed by atoms with E-state index in [0.29, 0.717) is 0 Å². The lowest BCUT2D eigenvalue weighted by atomic mass is 10.2. The lowest BCUT2D eigenvalue weighted by molar-refractivity contribution is -0.275. The Morgan fingerprint density at radius 2 is 2.06 bits per heavy atom. The van der Waals surface area contributed by atoms with E-state index in [-0.39, 0.29) is 18.4 Å². The average Bonchev–Trinajstić information content (AvgIpc) is 2.14. The lowest BCUT2D eigenvalue weighted by Crippen LogP contribution is -2.18. The van der Waals surface area contributed by atoms with E-state index in [1.807, 2.05) is 13.8 Å². The first-order chi connectivity index (χ1) is 7.38. The van der Waals surface area contributed by atoms with Gasteiger partial charge >= 0.3 is 6.36 Å². The molecule has 1 aromatic heterocycles. The van der Waals surface area contributed by atoms with Crippen LogP contribution in [-0.4, -0.2) is 18.0 Å². The van der Waals surface area contributed by atoms with E-state index in [0.717, 1.165) is 6.07 Å². The Morgan fingerprint density at radius 1 is 1.38 bits per heavy atom. The highest BCUT2D eigenvalue weighted by Crippen LogP contribution is 2.29. The Morgan fingerprint density at radius 3 is 2.62 bits per heavy atom. The molecule has 0 saturated carbocycles. The van der Waals surface area contributed by atoms with Gasteiger partial charge in [-0.3, -0.25) is 0 Å². The standard InChI is InChI=1S/C10H12F3NO2/c1-7(2)6-15-9-8(4-3-5-14-9)16-10(11,12)13/h3-5,7H,6H2,1-2H3. The molecule has 0 N–H and O–H groups in total. The lowest BCUT2D eigenvalue weighted by Gasteiger charge is -2.13. The molecule has 0 spiro atoms. The van der Waals surface area contributed by atoms with Gasteiger partial charge in [-0.15, -0.1) is 13.2 Å². The number of ether oxygens (including phenoxy) is 2. The van der Waals surface area contributed by atoms with Gasteiger partial charge in [0, 0.05) is 6.20 Å². The van der Waals surface area contributed by atoms with Crippen molar-refractivity contribution >= 4 is 0 Å². The minimum atomic E-state index is -4.74. The van der Waals surface area contributed by atoms with Crippen molar-refractivity contribution < 1.29 is 22.6 Å². The maximum atomic E-state index is 12.0. The predicted molar refractivity (Wildman–Crippen MR) is 51.3 cm³/mol. The summed E-state index contributed by atoms with van der Waals surface area (Å²) in [6, 6.07) is 2.51. The number of aromatic nitrogens is 1. The zero-order valence-electron chi connectivity index (χ0n) is 8.91. The third-order valence-corrected chi connectivity index (χ3v) is 1.52. The van der Waals surface area contributed by atoms with E-state index in [1.165, 1.54) is 12.3 Å². The van der Waals surface area contributed by atoms with Crippen molar-refractivity contribution in [3.05, 3.63) is 18.3 Å². The Labute approximate surface area is 91.2 Å². The van der Waals surface area contributed by atoms with Crippen LogP contribution in [-0.2, 0) is 0 Å². The van der Waals surface area contributed by atoms with E-state index >= 15 is 0 Å². The highest BCUT2D eigenvalue weighted by molar-refractivity contribution is 5.32. The van der Waals surface area contributed by atoms with Crippen LogP contribution in [0.15, 0.2) is 18.3 Å². The van der Waals surface area contributed by atoms with E-state index < -0.39 is 12.1 Å². The number of pyridine rings is 1. The fourth-order valence-corrected chi connectivity index (χ4v) is 0.932. The molecule has 0 aromatic carbocycles. The zero-order chi connectivity index (χ0) is 12.2. The monoisotopic (exact) mass is 235 g/mol. The Hall–Kier alpha value is -1.46. The van der Waals surface area contributed by atoms with Crippen LogP contribution >= 0.6 is 0 Å². The van der Waals surface area contributed by atoms with Crippen LogP contribution < -0.4 is 9.47 Å². The summed E-state index contributed by atoms with van der Waals surface area (Å²) in [5.74, 6) is -0.370. The van der Waals surface area contributed by atoms with Crippen molar-refractivity contribution in [2.75, 3.05) is 6.61 Å². The Balaban J connectivity index is 2.75. The van der Waals surface area contributed by atoms with Gasteiger partial charge in [0.1, 0.15) is 0 Å². The molecule has 0 bridgehead atoms. The number of halogens is 3. The molecule has 6 heteroatoms. The summed E-state index contributed by atoms with van der Waals surface area (Å²) in [6.07, 6.45) is -3.39. The van der Waals surface area contributed by atoms with Gasteiger partial charge in [-0.1, -0.05) is 13.8 Å². The summed E-state index contributed by atoms with van der Waals surface area (Å²) < 4.78 is 44.9. The van der Waals surface area contributed by atoms with Crippen LogP contribution in [0.4, 0.5) is 13.2 Å². The molecule has 90 valence electrons. The molecule has 0 atom stereocenters. The molecule has 0 fully saturated rings. The van der Waals surface area contributed by atoms with Crippen LogP contribution in [0.5, 0.6) is 11.6 Å². The van der Waals surface area contributed by atoms with Crippen LogP contribution in [0.25, 0.3) is 0 Å². The molecule has 1 aromatic rings. The second-order valence-corrected chi connectivity index (χ2v) is 3.56. The van der Waals surface area contributed by atoms with Crippen LogP contribution in [0, 0.1) is 5.92 Å². The van der Waals surface area contributed by atoms with Crippen LogP contribution in [0.2, 0.25) is 0 Å². The second-order valence-electron chi connectivity index (χ2n) is 3.56. The summed E-state index contributed by atoms with van der Waals surface area (Å²) in [5, 5.41) is 0. The molecule has 1 heterocycles. The first kappa shape index (κ1) is 12.6. The summed E-state index contributed by atoms with van der Waals surface area (Å²) >= 11 is 0. The summed E-state index contributed by atoms with van der Waals surface area (Å²) in [6.45, 7) is 4.05. The van der Waals surface area contributed by atoms with Gasteiger partial charge in [0.2, 0.25) is 0 Å². The third kappa shape index (κ3) is 4.37. The van der Waals surface area contributed by atoms with Crippen molar-refractivity contribution in [2.45, 2.75) is 20.2 Å². The molecule has 3 nitrogen and oxygen atoms in total. The highest BCUT2D eigenvalue weighted by Gasteiger charge is 2.32. The van der Waals surface area contributed by atoms with Gasteiger partial charge in [-0.25, -0.2) is 4.98 Å². The maximum Gasteiger partial charge on any atom is 0.573 e. The van der Waals surface area contributed by atoms with E-state index in [2.05, 4.69) is 9.72 Å². The summed E-state index contributed by atoms with van der Waals surface area (Å²) in [5.41, 5.74) is 0. The van der Waals surface area contributed by atoms with E-state index in [9.17, 15) is 13.2 Å². The maximum absolute atomic E-state index is 12.0. The van der Waals surface area contributed by atoms with Gasteiger partial charge in [0.15, 0.2) is 5.75 Å². The normalized spacial score (nSPS) is 11.6. The molecule has 0 aliphatic rings. The molecule has 0 amide bonds. The molecule has 0 radical (unpaired) electrons. The number of rotatable bonds is 4. The van der Waals surface area contributed by atoms with Gasteiger partial charge in [-0.05, 0) is 18.1 Å². The SMILES string of the molecule is CC(C)COc1ncccc1OC(F)(F)F. The number of hydrogen-bond donors (Lipinski definition) is 0. The Bertz CT molecular complexity index is 339. The summed E-state index contributed by atoms with van der Waals surface area (Å²) in [4.78, 5) is 3.69. The number of alkyl halides is 3. The van der Waals surface area contributed by atoms with Gasteiger partial charge in [0.05, 0.1) is 6.61 Å². The van der Waals surface area contributed by atoms with Gasteiger partial charge in [-0.2, -0.15) is 0 Å². The van der Waals surface area contributed by atoms with Gasteiger partial charge in [0.25, 0.3) is 5.88 Å². The molecule has 0 aliphatic carbocycles. The molecular formula is C10H12F3NO2. The number of nitrogens with zero attached hydrogens (tertiary/aromatic N) is 1. The molecule has 0 saturated heterocycles. The first-order valence-corrected chi connectivity index (χ1v) is 4.72. The smallest absolute Gasteiger partial charge is 0.475 e. The molecule has 1 rings (SSSR count). The van der Waals surface area contributed by atoms with E-state index in [4.69, 9.17) is 4.74 Å². The molecular weight excluding hydrogens is 223 g/mol. The van der Waals surface area contributed by atoms with Crippen molar-refractivity contribution in [1.29, 1.82) is 0 Å². The largest absolute Gasteiger partial charge is 0.573 e. The van der Waals surface area contributed by atoms with Crippen molar-refractivity contribution in [3.63, 3.8) is 0 Å². The average molecular weight is 235 g/mol. The van der Waals surface area contributed by atoms with Crippen LogP contribution in [0.3, 0.4) is 0 Å². The minimum absolute atomic E-state index is 0.145. The van der Waals surface area contributed by atoms with Crippen molar-refractivity contribution in [2.24, 2.45) is 5.92 Å². The van der Waals surface area contributed by atoms with Gasteiger partial charge < -0.3 is 9.47 Å². The quantitative estimate of drug-likeness (QED) is 0.803. The molecule has 0 unspecified atom stereocenters. The Kier molecular flexibility index (Phi) is 3.98. The van der Waals surface area contributed by atoms with Crippen molar-refractivity contribution in [3.8, 4) is 11.6 Å². The topological polar surface area (TPSA) is 31.4 Å². The first-order valence-electron chi connectivity index (χ1n) is 4.72. The predicted octanol–water partition coefficient (Wildman–Crippen LogP) is 3.02. The molecule has 0 aliphatic heterocycles. The second kappa shape index (κ2) is 5.05. The fourth-order valence-electron chi connectivity index (χ4n) is 0.932. The van der Waals surface area contributed by atoms with Crippen molar-refractivity contribution in [1.82, 2.24) is 4.98 Å².